The van der Waals surface area contributed by atoms with Crippen LogP contribution in [0.3, 0.4) is 0 Å². The second kappa shape index (κ2) is 7.20. The van der Waals surface area contributed by atoms with Gasteiger partial charge in [0.1, 0.15) is 0 Å². The van der Waals surface area contributed by atoms with Crippen molar-refractivity contribution in [3.8, 4) is 11.3 Å². The number of fused-ring (bicyclic) bond motifs is 3. The molecule has 0 amide bonds. The molecule has 150 valence electrons. The lowest BCUT2D eigenvalue weighted by Crippen LogP contribution is -2.24. The minimum absolute atomic E-state index is 0.147. The standard InChI is InChI=1S/C21H23N5O2S/c1-5-22-29(27,28)18-12-15(11-10-14(18)4)19-16-8-6-7-9-17(16)21-24-23-20(13(2)3)26(21)25-19/h6-13,22H,5H2,1-4H3. The summed E-state index contributed by atoms with van der Waals surface area (Å²) in [5.41, 5.74) is 2.81. The van der Waals surface area contributed by atoms with Crippen molar-refractivity contribution in [3.63, 3.8) is 0 Å². The van der Waals surface area contributed by atoms with Crippen molar-refractivity contribution in [2.75, 3.05) is 6.54 Å². The van der Waals surface area contributed by atoms with E-state index < -0.39 is 10.0 Å². The monoisotopic (exact) mass is 409 g/mol. The Morgan fingerprint density at radius 1 is 1.07 bits per heavy atom. The number of nitrogens with zero attached hydrogens (tertiary/aromatic N) is 4. The van der Waals surface area contributed by atoms with Gasteiger partial charge in [0.05, 0.1) is 10.6 Å². The summed E-state index contributed by atoms with van der Waals surface area (Å²) in [7, 11) is -3.59. The van der Waals surface area contributed by atoms with E-state index in [1.54, 1.807) is 24.4 Å². The fourth-order valence-electron chi connectivity index (χ4n) is 3.47. The van der Waals surface area contributed by atoms with Gasteiger partial charge in [-0.15, -0.1) is 10.2 Å². The maximum absolute atomic E-state index is 12.7. The Bertz CT molecular complexity index is 1330. The first kappa shape index (κ1) is 19.5. The van der Waals surface area contributed by atoms with Crippen LogP contribution in [-0.2, 0) is 10.0 Å². The van der Waals surface area contributed by atoms with Gasteiger partial charge in [-0.1, -0.05) is 57.2 Å². The first-order valence-corrected chi connectivity index (χ1v) is 11.1. The van der Waals surface area contributed by atoms with Gasteiger partial charge >= 0.3 is 0 Å². The van der Waals surface area contributed by atoms with Crippen molar-refractivity contribution in [3.05, 3.63) is 53.9 Å². The maximum Gasteiger partial charge on any atom is 0.240 e. The molecule has 0 bridgehead atoms. The fraction of sp³-hybridized carbons (Fsp3) is 0.286. The highest BCUT2D eigenvalue weighted by Crippen LogP contribution is 2.31. The molecule has 0 atom stereocenters. The number of sulfonamides is 1. The molecule has 0 aliphatic rings. The zero-order chi connectivity index (χ0) is 20.8. The summed E-state index contributed by atoms with van der Waals surface area (Å²) in [5.74, 6) is 0.911. The Kier molecular flexibility index (Phi) is 4.84. The van der Waals surface area contributed by atoms with Crippen molar-refractivity contribution in [2.45, 2.75) is 38.5 Å². The molecular weight excluding hydrogens is 386 g/mol. The highest BCUT2D eigenvalue weighted by molar-refractivity contribution is 7.89. The van der Waals surface area contributed by atoms with Gasteiger partial charge in [-0.25, -0.2) is 13.1 Å². The summed E-state index contributed by atoms with van der Waals surface area (Å²) < 4.78 is 29.7. The van der Waals surface area contributed by atoms with E-state index in [1.165, 1.54) is 0 Å². The molecule has 2 heterocycles. The molecule has 0 unspecified atom stereocenters. The molecule has 0 spiro atoms. The van der Waals surface area contributed by atoms with Crippen molar-refractivity contribution in [1.82, 2.24) is 24.5 Å². The number of aromatic nitrogens is 4. The Morgan fingerprint density at radius 2 is 1.79 bits per heavy atom. The van der Waals surface area contributed by atoms with Crippen molar-refractivity contribution < 1.29 is 8.42 Å². The van der Waals surface area contributed by atoms with E-state index in [9.17, 15) is 8.42 Å². The number of aryl methyl sites for hydroxylation is 1. The molecule has 0 aliphatic heterocycles. The van der Waals surface area contributed by atoms with E-state index >= 15 is 0 Å². The van der Waals surface area contributed by atoms with E-state index in [1.807, 2.05) is 50.2 Å². The number of hydrogen-bond acceptors (Lipinski definition) is 5. The van der Waals surface area contributed by atoms with Crippen LogP contribution in [0.4, 0.5) is 0 Å². The van der Waals surface area contributed by atoms with Gasteiger partial charge in [-0.05, 0) is 18.6 Å². The molecule has 29 heavy (non-hydrogen) atoms. The fourth-order valence-corrected chi connectivity index (χ4v) is 4.78. The average molecular weight is 410 g/mol. The second-order valence-electron chi connectivity index (χ2n) is 7.32. The van der Waals surface area contributed by atoms with Gasteiger partial charge in [0, 0.05) is 28.8 Å². The molecule has 0 saturated carbocycles. The lowest BCUT2D eigenvalue weighted by molar-refractivity contribution is 0.583. The van der Waals surface area contributed by atoms with Gasteiger partial charge in [-0.2, -0.15) is 9.61 Å². The van der Waals surface area contributed by atoms with E-state index in [-0.39, 0.29) is 10.8 Å². The zero-order valence-corrected chi connectivity index (χ0v) is 17.7. The number of rotatable bonds is 5. The maximum atomic E-state index is 12.7. The topological polar surface area (TPSA) is 89.2 Å². The molecule has 0 radical (unpaired) electrons. The Hall–Kier alpha value is -2.84. The van der Waals surface area contributed by atoms with Crippen LogP contribution in [0.5, 0.6) is 0 Å². The number of benzene rings is 2. The molecule has 7 nitrogen and oxygen atoms in total. The van der Waals surface area contributed by atoms with Crippen LogP contribution in [0.15, 0.2) is 47.4 Å². The quantitative estimate of drug-likeness (QED) is 0.543. The number of nitrogens with one attached hydrogen (secondary N) is 1. The van der Waals surface area contributed by atoms with Crippen molar-refractivity contribution >= 4 is 26.4 Å². The van der Waals surface area contributed by atoms with Gasteiger partial charge < -0.3 is 0 Å². The summed E-state index contributed by atoms with van der Waals surface area (Å²) in [6.45, 7) is 7.97. The Morgan fingerprint density at radius 3 is 2.48 bits per heavy atom. The van der Waals surface area contributed by atoms with E-state index in [4.69, 9.17) is 5.10 Å². The summed E-state index contributed by atoms with van der Waals surface area (Å²) in [5, 5.41) is 15.3. The predicted molar refractivity (Wildman–Crippen MR) is 113 cm³/mol. The molecule has 4 rings (SSSR count). The van der Waals surface area contributed by atoms with Crippen LogP contribution in [-0.4, -0.2) is 34.8 Å². The van der Waals surface area contributed by atoms with E-state index in [2.05, 4.69) is 14.9 Å². The summed E-state index contributed by atoms with van der Waals surface area (Å²) in [6, 6.07) is 13.3. The largest absolute Gasteiger partial charge is 0.240 e. The van der Waals surface area contributed by atoms with Gasteiger partial charge in [0.2, 0.25) is 10.0 Å². The molecule has 2 aromatic carbocycles. The molecule has 2 aromatic heterocycles. The SMILES string of the molecule is CCNS(=O)(=O)c1cc(-c2nn3c(C(C)C)nnc3c3ccccc23)ccc1C. The van der Waals surface area contributed by atoms with Crippen LogP contribution >= 0.6 is 0 Å². The van der Waals surface area contributed by atoms with Crippen molar-refractivity contribution in [1.29, 1.82) is 0 Å². The minimum Gasteiger partial charge on any atom is -0.211 e. The van der Waals surface area contributed by atoms with Crippen LogP contribution in [0.1, 0.15) is 38.1 Å². The lowest BCUT2D eigenvalue weighted by Gasteiger charge is -2.12. The molecule has 4 aromatic rings. The highest BCUT2D eigenvalue weighted by Gasteiger charge is 2.20. The van der Waals surface area contributed by atoms with E-state index in [0.717, 1.165) is 22.2 Å². The third-order valence-electron chi connectivity index (χ3n) is 4.89. The van der Waals surface area contributed by atoms with Gasteiger partial charge in [-0.3, -0.25) is 0 Å². The van der Waals surface area contributed by atoms with Crippen LogP contribution in [0, 0.1) is 6.92 Å². The normalized spacial score (nSPS) is 12.3. The third-order valence-corrected chi connectivity index (χ3v) is 6.58. The van der Waals surface area contributed by atoms with E-state index in [0.29, 0.717) is 23.4 Å². The van der Waals surface area contributed by atoms with Crippen molar-refractivity contribution in [2.24, 2.45) is 0 Å². The summed E-state index contributed by atoms with van der Waals surface area (Å²) >= 11 is 0. The summed E-state index contributed by atoms with van der Waals surface area (Å²) in [4.78, 5) is 0.260. The van der Waals surface area contributed by atoms with Crippen LogP contribution in [0.25, 0.3) is 27.7 Å². The van der Waals surface area contributed by atoms with Gasteiger partial charge in [0.15, 0.2) is 11.5 Å². The first-order valence-electron chi connectivity index (χ1n) is 9.58. The molecule has 8 heteroatoms. The number of hydrogen-bond donors (Lipinski definition) is 1. The highest BCUT2D eigenvalue weighted by atomic mass is 32.2. The Labute approximate surface area is 169 Å². The summed E-state index contributed by atoms with van der Waals surface area (Å²) in [6.07, 6.45) is 0. The predicted octanol–water partition coefficient (Wildman–Crippen LogP) is 3.67. The van der Waals surface area contributed by atoms with Crippen LogP contribution < -0.4 is 4.72 Å². The third kappa shape index (κ3) is 3.28. The van der Waals surface area contributed by atoms with Crippen LogP contribution in [0.2, 0.25) is 0 Å². The Balaban J connectivity index is 2.04. The zero-order valence-electron chi connectivity index (χ0n) is 16.8. The molecular formula is C21H23N5O2S. The molecule has 1 N–H and O–H groups in total. The second-order valence-corrected chi connectivity index (χ2v) is 9.06. The molecule has 0 saturated heterocycles. The van der Waals surface area contributed by atoms with Gasteiger partial charge in [0.25, 0.3) is 0 Å². The average Bonchev–Trinajstić information content (AvgIpc) is 3.12. The molecule has 0 aliphatic carbocycles. The minimum atomic E-state index is -3.59. The smallest absolute Gasteiger partial charge is 0.211 e. The lowest BCUT2D eigenvalue weighted by atomic mass is 10.0. The molecule has 0 fully saturated rings. The first-order chi connectivity index (χ1) is 13.8.